The van der Waals surface area contributed by atoms with E-state index in [0.29, 0.717) is 12.5 Å². The van der Waals surface area contributed by atoms with Crippen LogP contribution < -0.4 is 5.32 Å². The Hall–Kier alpha value is -1.36. The van der Waals surface area contributed by atoms with Crippen LogP contribution in [0.3, 0.4) is 0 Å². The lowest BCUT2D eigenvalue weighted by Gasteiger charge is -2.40. The van der Waals surface area contributed by atoms with E-state index in [0.717, 1.165) is 18.4 Å². The number of carbonyl (C=O) groups is 2. The Morgan fingerprint density at radius 3 is 2.89 bits per heavy atom. The van der Waals surface area contributed by atoms with E-state index in [4.69, 9.17) is 0 Å². The number of piperazine rings is 1. The summed E-state index contributed by atoms with van der Waals surface area (Å²) in [6.07, 6.45) is 2.07. The van der Waals surface area contributed by atoms with Crippen molar-refractivity contribution in [3.8, 4) is 0 Å². The van der Waals surface area contributed by atoms with Crippen molar-refractivity contribution in [2.24, 2.45) is 5.92 Å². The molecule has 2 heterocycles. The molecule has 1 aromatic rings. The van der Waals surface area contributed by atoms with Gasteiger partial charge in [-0.2, -0.15) is 11.3 Å². The molecule has 1 saturated carbocycles. The van der Waals surface area contributed by atoms with Crippen LogP contribution in [0.1, 0.15) is 25.3 Å². The summed E-state index contributed by atoms with van der Waals surface area (Å²) in [6.45, 7) is 2.58. The van der Waals surface area contributed by atoms with Gasteiger partial charge in [-0.1, -0.05) is 0 Å². The summed E-state index contributed by atoms with van der Waals surface area (Å²) in [5, 5.41) is 6.90. The second kappa shape index (κ2) is 4.09. The fourth-order valence-corrected chi connectivity index (χ4v) is 3.28. The van der Waals surface area contributed by atoms with Crippen molar-refractivity contribution in [1.82, 2.24) is 10.2 Å². The van der Waals surface area contributed by atoms with Gasteiger partial charge in [-0.3, -0.25) is 9.59 Å². The van der Waals surface area contributed by atoms with Crippen molar-refractivity contribution >= 4 is 23.2 Å². The van der Waals surface area contributed by atoms with Gasteiger partial charge in [0.1, 0.15) is 5.54 Å². The minimum atomic E-state index is -0.675. The third-order valence-corrected chi connectivity index (χ3v) is 4.54. The smallest absolute Gasteiger partial charge is 0.249 e. The van der Waals surface area contributed by atoms with Gasteiger partial charge in [0, 0.05) is 6.54 Å². The van der Waals surface area contributed by atoms with E-state index in [-0.39, 0.29) is 18.4 Å². The molecule has 1 aliphatic heterocycles. The Morgan fingerprint density at radius 2 is 2.28 bits per heavy atom. The summed E-state index contributed by atoms with van der Waals surface area (Å²) in [5.74, 6) is 0.342. The fraction of sp³-hybridized carbons (Fsp3) is 0.538. The molecule has 0 bridgehead atoms. The number of hydrogen-bond acceptors (Lipinski definition) is 3. The lowest BCUT2D eigenvalue weighted by Crippen LogP contribution is -2.66. The highest BCUT2D eigenvalue weighted by atomic mass is 32.1. The number of thiophene rings is 1. The third-order valence-electron chi connectivity index (χ3n) is 3.81. The van der Waals surface area contributed by atoms with Gasteiger partial charge in [-0.25, -0.2) is 0 Å². The maximum Gasteiger partial charge on any atom is 0.249 e. The van der Waals surface area contributed by atoms with Crippen molar-refractivity contribution < 1.29 is 9.59 Å². The van der Waals surface area contributed by atoms with Gasteiger partial charge in [0.15, 0.2) is 0 Å². The Labute approximate surface area is 110 Å². The van der Waals surface area contributed by atoms with Crippen LogP contribution in [-0.4, -0.2) is 28.8 Å². The lowest BCUT2D eigenvalue weighted by molar-refractivity contribution is -0.150. The molecule has 1 N–H and O–H groups in total. The number of amides is 2. The average molecular weight is 264 g/mol. The molecule has 0 aromatic carbocycles. The first-order valence-electron chi connectivity index (χ1n) is 6.21. The molecule has 2 amide bonds. The van der Waals surface area contributed by atoms with E-state index >= 15 is 0 Å². The highest BCUT2D eigenvalue weighted by molar-refractivity contribution is 7.07. The number of nitrogens with one attached hydrogen (secondary N) is 1. The fourth-order valence-electron chi connectivity index (χ4n) is 2.62. The van der Waals surface area contributed by atoms with Crippen LogP contribution in [0.15, 0.2) is 16.8 Å². The monoisotopic (exact) mass is 264 g/mol. The van der Waals surface area contributed by atoms with Crippen LogP contribution in [0.5, 0.6) is 0 Å². The van der Waals surface area contributed by atoms with Crippen LogP contribution >= 0.6 is 11.3 Å². The average Bonchev–Trinajstić information content (AvgIpc) is 3.06. The summed E-state index contributed by atoms with van der Waals surface area (Å²) in [5.41, 5.74) is 0.423. The quantitative estimate of drug-likeness (QED) is 0.896. The summed E-state index contributed by atoms with van der Waals surface area (Å²) in [4.78, 5) is 26.0. The lowest BCUT2D eigenvalue weighted by atomic mass is 9.91. The van der Waals surface area contributed by atoms with Crippen molar-refractivity contribution in [3.63, 3.8) is 0 Å². The molecule has 0 radical (unpaired) electrons. The molecule has 96 valence electrons. The molecule has 1 atom stereocenters. The number of rotatable bonds is 3. The van der Waals surface area contributed by atoms with Gasteiger partial charge in [0.05, 0.1) is 6.54 Å². The van der Waals surface area contributed by atoms with Gasteiger partial charge in [-0.15, -0.1) is 0 Å². The van der Waals surface area contributed by atoms with E-state index in [2.05, 4.69) is 5.32 Å². The minimum absolute atomic E-state index is 0.0424. The predicted octanol–water partition coefficient (Wildman–Crippen LogP) is 1.38. The maximum absolute atomic E-state index is 12.5. The van der Waals surface area contributed by atoms with Crippen molar-refractivity contribution in [1.29, 1.82) is 0 Å². The molecule has 1 aromatic heterocycles. The topological polar surface area (TPSA) is 49.4 Å². The molecule has 5 heteroatoms. The summed E-state index contributed by atoms with van der Waals surface area (Å²) in [6, 6.07) is 2.00. The van der Waals surface area contributed by atoms with E-state index < -0.39 is 5.54 Å². The van der Waals surface area contributed by atoms with Crippen molar-refractivity contribution in [3.05, 3.63) is 22.4 Å². The second-order valence-electron chi connectivity index (χ2n) is 5.32. The molecule has 1 aliphatic carbocycles. The van der Waals surface area contributed by atoms with Gasteiger partial charge in [-0.05, 0) is 48.1 Å². The van der Waals surface area contributed by atoms with E-state index in [1.165, 1.54) is 0 Å². The minimum Gasteiger partial charge on any atom is -0.340 e. The highest BCUT2D eigenvalue weighted by Gasteiger charge is 2.52. The van der Waals surface area contributed by atoms with E-state index in [9.17, 15) is 9.59 Å². The summed E-state index contributed by atoms with van der Waals surface area (Å²) in [7, 11) is 0. The van der Waals surface area contributed by atoms with Crippen molar-refractivity contribution in [2.75, 3.05) is 6.54 Å². The Balaban J connectivity index is 1.81. The molecular formula is C13H16N2O2S. The highest BCUT2D eigenvalue weighted by Crippen LogP contribution is 2.41. The first-order valence-corrected chi connectivity index (χ1v) is 7.15. The largest absolute Gasteiger partial charge is 0.340 e. The molecule has 4 nitrogen and oxygen atoms in total. The zero-order valence-corrected chi connectivity index (χ0v) is 11.1. The third kappa shape index (κ3) is 1.92. The van der Waals surface area contributed by atoms with Gasteiger partial charge < -0.3 is 10.2 Å². The molecule has 0 spiro atoms. The first kappa shape index (κ1) is 11.7. The molecule has 1 saturated heterocycles. The zero-order chi connectivity index (χ0) is 12.8. The number of hydrogen-bond donors (Lipinski definition) is 1. The SMILES string of the molecule is CC1(C2CC2)NC(=O)CN(Cc2ccsc2)C1=O. The first-order chi connectivity index (χ1) is 8.59. The van der Waals surface area contributed by atoms with Gasteiger partial charge in [0.2, 0.25) is 11.8 Å². The van der Waals surface area contributed by atoms with Crippen LogP contribution in [0.2, 0.25) is 0 Å². The van der Waals surface area contributed by atoms with E-state index in [1.807, 2.05) is 23.8 Å². The van der Waals surface area contributed by atoms with Gasteiger partial charge >= 0.3 is 0 Å². The van der Waals surface area contributed by atoms with Gasteiger partial charge in [0.25, 0.3) is 0 Å². The Morgan fingerprint density at radius 1 is 1.50 bits per heavy atom. The molecule has 18 heavy (non-hydrogen) atoms. The molecule has 2 aliphatic rings. The van der Waals surface area contributed by atoms with Crippen LogP contribution in [0.4, 0.5) is 0 Å². The van der Waals surface area contributed by atoms with Crippen molar-refractivity contribution in [2.45, 2.75) is 31.8 Å². The number of carbonyl (C=O) groups excluding carboxylic acids is 2. The zero-order valence-electron chi connectivity index (χ0n) is 10.3. The van der Waals surface area contributed by atoms with Crippen LogP contribution in [-0.2, 0) is 16.1 Å². The molecule has 1 unspecified atom stereocenters. The second-order valence-corrected chi connectivity index (χ2v) is 6.10. The molecule has 2 fully saturated rings. The summed E-state index contributed by atoms with van der Waals surface area (Å²) >= 11 is 1.61. The Bertz CT molecular complexity index is 481. The molecule has 3 rings (SSSR count). The Kier molecular flexibility index (Phi) is 2.66. The number of nitrogens with zero attached hydrogens (tertiary/aromatic N) is 1. The van der Waals surface area contributed by atoms with E-state index in [1.54, 1.807) is 16.2 Å². The maximum atomic E-state index is 12.5. The predicted molar refractivity (Wildman–Crippen MR) is 69.0 cm³/mol. The standard InChI is InChI=1S/C13H16N2O2S/c1-13(10-2-3-10)12(17)15(7-11(16)14-13)6-9-4-5-18-8-9/h4-5,8,10H,2-3,6-7H2,1H3,(H,14,16). The molecular weight excluding hydrogens is 248 g/mol. The van der Waals surface area contributed by atoms with Crippen LogP contribution in [0.25, 0.3) is 0 Å². The van der Waals surface area contributed by atoms with Crippen LogP contribution in [0, 0.1) is 5.92 Å². The summed E-state index contributed by atoms with van der Waals surface area (Å²) < 4.78 is 0. The normalized spacial score (nSPS) is 28.4.